The fourth-order valence-corrected chi connectivity index (χ4v) is 1.68. The Morgan fingerprint density at radius 2 is 2.36 bits per heavy atom. The zero-order chi connectivity index (χ0) is 10.6. The van der Waals surface area contributed by atoms with Crippen molar-refractivity contribution in [2.45, 2.75) is 25.9 Å². The lowest BCUT2D eigenvalue weighted by Crippen LogP contribution is -2.42. The highest BCUT2D eigenvalue weighted by atomic mass is 32.1. The van der Waals surface area contributed by atoms with Gasteiger partial charge >= 0.3 is 0 Å². The molecule has 0 fully saturated rings. The molecule has 0 bridgehead atoms. The van der Waals surface area contributed by atoms with Crippen LogP contribution in [0.2, 0.25) is 0 Å². The second-order valence-electron chi connectivity index (χ2n) is 3.64. The number of carbonyl (C=O) groups excluding carboxylic acids is 1. The molecule has 0 aliphatic rings. The highest BCUT2D eigenvalue weighted by molar-refractivity contribution is 7.09. The normalized spacial score (nSPS) is 11.4. The lowest BCUT2D eigenvalue weighted by molar-refractivity contribution is -0.136. The van der Waals surface area contributed by atoms with Crippen molar-refractivity contribution >= 4 is 17.2 Å². The van der Waals surface area contributed by atoms with Crippen LogP contribution >= 0.6 is 11.3 Å². The predicted molar refractivity (Wildman–Crippen MR) is 57.3 cm³/mol. The topological polar surface area (TPSA) is 49.3 Å². The van der Waals surface area contributed by atoms with Crippen molar-refractivity contribution < 1.29 is 9.90 Å². The van der Waals surface area contributed by atoms with E-state index in [0.29, 0.717) is 6.54 Å². The summed E-state index contributed by atoms with van der Waals surface area (Å²) in [5, 5.41) is 14.0. The Labute approximate surface area is 87.8 Å². The second-order valence-corrected chi connectivity index (χ2v) is 4.68. The number of aliphatic hydroxyl groups is 1. The zero-order valence-corrected chi connectivity index (χ0v) is 9.23. The molecular formula is C10H15NO2S. The molecule has 0 radical (unpaired) electrons. The summed E-state index contributed by atoms with van der Waals surface area (Å²) in [6.45, 7) is 3.53. The van der Waals surface area contributed by atoms with Crippen molar-refractivity contribution in [3.63, 3.8) is 0 Å². The van der Waals surface area contributed by atoms with E-state index >= 15 is 0 Å². The molecule has 1 rings (SSSR count). The minimum atomic E-state index is -1.28. The Balaban J connectivity index is 2.26. The number of thiophene rings is 1. The molecule has 14 heavy (non-hydrogen) atoms. The van der Waals surface area contributed by atoms with Gasteiger partial charge in [0.2, 0.25) is 0 Å². The minimum absolute atomic E-state index is 0.325. The summed E-state index contributed by atoms with van der Waals surface area (Å²) in [5.41, 5.74) is -1.28. The van der Waals surface area contributed by atoms with Crippen molar-refractivity contribution in [1.82, 2.24) is 5.32 Å². The van der Waals surface area contributed by atoms with Gasteiger partial charge in [0, 0.05) is 11.4 Å². The Morgan fingerprint density at radius 1 is 1.64 bits per heavy atom. The SMILES string of the molecule is CC(C)(O)C(=O)NCCc1cccs1. The number of hydrogen-bond acceptors (Lipinski definition) is 3. The fourth-order valence-electron chi connectivity index (χ4n) is 0.970. The first-order valence-electron chi connectivity index (χ1n) is 4.53. The maximum absolute atomic E-state index is 11.2. The number of nitrogens with one attached hydrogen (secondary N) is 1. The van der Waals surface area contributed by atoms with Crippen LogP contribution in [0.1, 0.15) is 18.7 Å². The first kappa shape index (κ1) is 11.2. The van der Waals surface area contributed by atoms with Gasteiger partial charge in [0.25, 0.3) is 5.91 Å². The summed E-state index contributed by atoms with van der Waals surface area (Å²) in [6.07, 6.45) is 0.819. The van der Waals surface area contributed by atoms with Crippen LogP contribution in [0.15, 0.2) is 17.5 Å². The highest BCUT2D eigenvalue weighted by Crippen LogP contribution is 2.08. The lowest BCUT2D eigenvalue weighted by Gasteiger charge is -2.16. The smallest absolute Gasteiger partial charge is 0.251 e. The number of hydrogen-bond donors (Lipinski definition) is 2. The van der Waals surface area contributed by atoms with Gasteiger partial charge in [-0.15, -0.1) is 11.3 Å². The van der Waals surface area contributed by atoms with Gasteiger partial charge in [-0.25, -0.2) is 0 Å². The van der Waals surface area contributed by atoms with Gasteiger partial charge in [0.15, 0.2) is 0 Å². The summed E-state index contributed by atoms with van der Waals surface area (Å²) in [5.74, 6) is -0.325. The van der Waals surface area contributed by atoms with Crippen LogP contribution in [0, 0.1) is 0 Å². The van der Waals surface area contributed by atoms with Crippen molar-refractivity contribution in [3.05, 3.63) is 22.4 Å². The molecule has 1 amide bonds. The van der Waals surface area contributed by atoms with Crippen LogP contribution < -0.4 is 5.32 Å². The standard InChI is InChI=1S/C10H15NO2S/c1-10(2,13)9(12)11-6-5-8-4-3-7-14-8/h3-4,7,13H,5-6H2,1-2H3,(H,11,12). The van der Waals surface area contributed by atoms with Crippen LogP contribution in [0.5, 0.6) is 0 Å². The molecule has 0 unspecified atom stereocenters. The zero-order valence-electron chi connectivity index (χ0n) is 8.41. The molecule has 1 aromatic heterocycles. The summed E-state index contributed by atoms with van der Waals surface area (Å²) in [4.78, 5) is 12.5. The van der Waals surface area contributed by atoms with Crippen molar-refractivity contribution in [2.75, 3.05) is 6.54 Å². The van der Waals surface area contributed by atoms with Crippen molar-refractivity contribution in [2.24, 2.45) is 0 Å². The molecule has 0 spiro atoms. The van der Waals surface area contributed by atoms with Gasteiger partial charge in [0.1, 0.15) is 5.60 Å². The van der Waals surface area contributed by atoms with E-state index in [1.54, 1.807) is 11.3 Å². The fraction of sp³-hybridized carbons (Fsp3) is 0.500. The Kier molecular flexibility index (Phi) is 3.66. The van der Waals surface area contributed by atoms with E-state index in [1.165, 1.54) is 18.7 Å². The molecule has 1 aromatic rings. The number of rotatable bonds is 4. The molecule has 4 heteroatoms. The highest BCUT2D eigenvalue weighted by Gasteiger charge is 2.22. The molecule has 0 aliphatic heterocycles. The molecule has 3 nitrogen and oxygen atoms in total. The van der Waals surface area contributed by atoms with Gasteiger partial charge in [0.05, 0.1) is 0 Å². The molecule has 0 atom stereocenters. The average Bonchev–Trinajstić information content (AvgIpc) is 2.55. The molecular weight excluding hydrogens is 198 g/mol. The first-order valence-corrected chi connectivity index (χ1v) is 5.41. The van der Waals surface area contributed by atoms with Crippen LogP contribution in [-0.2, 0) is 11.2 Å². The largest absolute Gasteiger partial charge is 0.381 e. The van der Waals surface area contributed by atoms with Gasteiger partial charge in [-0.3, -0.25) is 4.79 Å². The lowest BCUT2D eigenvalue weighted by atomic mass is 10.1. The Bertz CT molecular complexity index is 288. The summed E-state index contributed by atoms with van der Waals surface area (Å²) < 4.78 is 0. The van der Waals surface area contributed by atoms with E-state index < -0.39 is 5.60 Å². The average molecular weight is 213 g/mol. The summed E-state index contributed by atoms with van der Waals surface area (Å²) in [6, 6.07) is 4.01. The minimum Gasteiger partial charge on any atom is -0.381 e. The van der Waals surface area contributed by atoms with Gasteiger partial charge < -0.3 is 10.4 Å². The number of amides is 1. The van der Waals surface area contributed by atoms with Crippen molar-refractivity contribution in [1.29, 1.82) is 0 Å². The first-order chi connectivity index (χ1) is 6.50. The number of carbonyl (C=O) groups is 1. The summed E-state index contributed by atoms with van der Waals surface area (Å²) >= 11 is 1.67. The van der Waals surface area contributed by atoms with E-state index in [2.05, 4.69) is 5.32 Å². The molecule has 78 valence electrons. The monoisotopic (exact) mass is 213 g/mol. The van der Waals surface area contributed by atoms with Gasteiger partial charge in [-0.05, 0) is 31.7 Å². The van der Waals surface area contributed by atoms with Crippen LogP contribution in [0.4, 0.5) is 0 Å². The van der Waals surface area contributed by atoms with Gasteiger partial charge in [-0.1, -0.05) is 6.07 Å². The molecule has 0 aromatic carbocycles. The molecule has 0 saturated heterocycles. The predicted octanol–water partition coefficient (Wildman–Crippen LogP) is 1.18. The Hall–Kier alpha value is -0.870. The molecule has 1 heterocycles. The summed E-state index contributed by atoms with van der Waals surface area (Å²) in [7, 11) is 0. The Morgan fingerprint density at radius 3 is 2.86 bits per heavy atom. The third-order valence-electron chi connectivity index (χ3n) is 1.79. The maximum atomic E-state index is 11.2. The molecule has 2 N–H and O–H groups in total. The maximum Gasteiger partial charge on any atom is 0.251 e. The van der Waals surface area contributed by atoms with Crippen LogP contribution in [-0.4, -0.2) is 23.2 Å². The van der Waals surface area contributed by atoms with E-state index in [1.807, 2.05) is 17.5 Å². The van der Waals surface area contributed by atoms with Gasteiger partial charge in [-0.2, -0.15) is 0 Å². The third kappa shape index (κ3) is 3.47. The van der Waals surface area contributed by atoms with Crippen LogP contribution in [0.3, 0.4) is 0 Å². The van der Waals surface area contributed by atoms with E-state index in [9.17, 15) is 9.90 Å². The van der Waals surface area contributed by atoms with E-state index in [4.69, 9.17) is 0 Å². The molecule has 0 aliphatic carbocycles. The van der Waals surface area contributed by atoms with E-state index in [0.717, 1.165) is 6.42 Å². The second kappa shape index (κ2) is 4.57. The van der Waals surface area contributed by atoms with Crippen LogP contribution in [0.25, 0.3) is 0 Å². The van der Waals surface area contributed by atoms with Crippen molar-refractivity contribution in [3.8, 4) is 0 Å². The quantitative estimate of drug-likeness (QED) is 0.789. The third-order valence-corrected chi connectivity index (χ3v) is 2.73. The van der Waals surface area contributed by atoms with E-state index in [-0.39, 0.29) is 5.91 Å². The molecule has 0 saturated carbocycles.